The van der Waals surface area contributed by atoms with Crippen LogP contribution in [-0.2, 0) is 21.3 Å². The van der Waals surface area contributed by atoms with Crippen LogP contribution in [0.25, 0.3) is 0 Å². The highest BCUT2D eigenvalue weighted by Gasteiger charge is 2.27. The van der Waals surface area contributed by atoms with Crippen LogP contribution in [0, 0.1) is 0 Å². The molecule has 1 amide bonds. The van der Waals surface area contributed by atoms with Gasteiger partial charge < -0.3 is 9.64 Å². The van der Waals surface area contributed by atoms with E-state index in [9.17, 15) is 13.2 Å². The van der Waals surface area contributed by atoms with Gasteiger partial charge in [-0.3, -0.25) is 14.5 Å². The van der Waals surface area contributed by atoms with Crippen LogP contribution in [0.15, 0.2) is 47.4 Å². The molecule has 1 saturated heterocycles. The Morgan fingerprint density at radius 2 is 1.72 bits per heavy atom. The van der Waals surface area contributed by atoms with Gasteiger partial charge in [-0.05, 0) is 42.3 Å². The van der Waals surface area contributed by atoms with Crippen molar-refractivity contribution in [3.63, 3.8) is 0 Å². The quantitative estimate of drug-likeness (QED) is 0.539. The monoisotopic (exact) mass is 481 g/mol. The zero-order chi connectivity index (χ0) is 23.3. The fourth-order valence-electron chi connectivity index (χ4n) is 3.51. The third-order valence-corrected chi connectivity index (χ3v) is 7.75. The van der Waals surface area contributed by atoms with Crippen LogP contribution in [0.2, 0.25) is 5.02 Å². The molecule has 1 aliphatic rings. The summed E-state index contributed by atoms with van der Waals surface area (Å²) in [5.74, 6) is 0.626. The number of halogens is 1. The molecule has 32 heavy (non-hydrogen) atoms. The van der Waals surface area contributed by atoms with Crippen molar-refractivity contribution in [3.8, 4) is 5.75 Å². The molecule has 174 valence electrons. The molecule has 8 nitrogen and oxygen atoms in total. The first-order valence-corrected chi connectivity index (χ1v) is 12.0. The third kappa shape index (κ3) is 5.60. The standard InChI is InChI=1S/C22H28ClN3O5S/c1-24(31-3)32(28,29)21-16-18(6-9-20(21)23)22(27)26-14-12-25(13-15-26)11-10-17-4-7-19(30-2)8-5-17/h4-9,16H,10-15H2,1-3H3. The van der Waals surface area contributed by atoms with Crippen molar-refractivity contribution in [3.05, 3.63) is 58.6 Å². The average molecular weight is 482 g/mol. The SMILES string of the molecule is COc1ccc(CCN2CCN(C(=O)c3ccc(Cl)c(S(=O)(=O)N(C)OC)c3)CC2)cc1. The Kier molecular flexibility index (Phi) is 8.13. The summed E-state index contributed by atoms with van der Waals surface area (Å²) in [6.07, 6.45) is 0.920. The van der Waals surface area contributed by atoms with Gasteiger partial charge in [-0.25, -0.2) is 8.42 Å². The summed E-state index contributed by atoms with van der Waals surface area (Å²) in [4.78, 5) is 21.7. The lowest BCUT2D eigenvalue weighted by atomic mass is 10.1. The molecule has 10 heteroatoms. The smallest absolute Gasteiger partial charge is 0.266 e. The number of carbonyl (C=O) groups is 1. The van der Waals surface area contributed by atoms with Gasteiger partial charge in [0.05, 0.1) is 19.2 Å². The predicted octanol–water partition coefficient (Wildman–Crippen LogP) is 2.53. The highest BCUT2D eigenvalue weighted by molar-refractivity contribution is 7.89. The van der Waals surface area contributed by atoms with Crippen molar-refractivity contribution in [2.24, 2.45) is 0 Å². The first kappa shape index (κ1) is 24.5. The van der Waals surface area contributed by atoms with Gasteiger partial charge in [0.2, 0.25) is 0 Å². The van der Waals surface area contributed by atoms with Crippen LogP contribution < -0.4 is 4.74 Å². The van der Waals surface area contributed by atoms with E-state index in [4.69, 9.17) is 21.2 Å². The number of hydroxylamine groups is 1. The van der Waals surface area contributed by atoms with Crippen LogP contribution in [0.3, 0.4) is 0 Å². The largest absolute Gasteiger partial charge is 0.497 e. The molecule has 0 aliphatic carbocycles. The van der Waals surface area contributed by atoms with Gasteiger partial charge in [0.15, 0.2) is 0 Å². The molecule has 2 aromatic carbocycles. The van der Waals surface area contributed by atoms with Crippen molar-refractivity contribution in [1.82, 2.24) is 14.3 Å². The van der Waals surface area contributed by atoms with Crippen LogP contribution in [0.5, 0.6) is 5.75 Å². The van der Waals surface area contributed by atoms with E-state index in [1.807, 2.05) is 12.1 Å². The molecule has 0 atom stereocenters. The van der Waals surface area contributed by atoms with Crippen LogP contribution in [0.4, 0.5) is 0 Å². The van der Waals surface area contributed by atoms with Crippen molar-refractivity contribution < 1.29 is 22.8 Å². The van der Waals surface area contributed by atoms with Crippen LogP contribution in [0.1, 0.15) is 15.9 Å². The minimum atomic E-state index is -3.96. The predicted molar refractivity (Wildman–Crippen MR) is 122 cm³/mol. The second kappa shape index (κ2) is 10.6. The Morgan fingerprint density at radius 3 is 2.31 bits per heavy atom. The first-order valence-electron chi connectivity index (χ1n) is 10.2. The summed E-state index contributed by atoms with van der Waals surface area (Å²) < 4.78 is 31.1. The summed E-state index contributed by atoms with van der Waals surface area (Å²) >= 11 is 6.09. The molecule has 2 aromatic rings. The fourth-order valence-corrected chi connectivity index (χ4v) is 4.98. The lowest BCUT2D eigenvalue weighted by Crippen LogP contribution is -2.49. The van der Waals surface area contributed by atoms with Gasteiger partial charge in [-0.1, -0.05) is 28.2 Å². The molecule has 0 unspecified atom stereocenters. The second-order valence-corrected chi connectivity index (χ2v) is 9.79. The number of nitrogens with zero attached hydrogens (tertiary/aromatic N) is 3. The molecular weight excluding hydrogens is 454 g/mol. The van der Waals surface area contributed by atoms with E-state index in [0.29, 0.717) is 17.6 Å². The Balaban J connectivity index is 1.59. The number of sulfonamides is 1. The van der Waals surface area contributed by atoms with Gasteiger partial charge in [-0.2, -0.15) is 0 Å². The van der Waals surface area contributed by atoms with E-state index < -0.39 is 10.0 Å². The Labute approximate surface area is 194 Å². The van der Waals surface area contributed by atoms with E-state index in [2.05, 4.69) is 17.0 Å². The van der Waals surface area contributed by atoms with Crippen molar-refractivity contribution in [1.29, 1.82) is 0 Å². The number of benzene rings is 2. The number of carbonyl (C=O) groups excluding carboxylic acids is 1. The Hall–Kier alpha value is -2.17. The number of ether oxygens (including phenoxy) is 1. The molecule has 1 fully saturated rings. The van der Waals surface area contributed by atoms with Gasteiger partial charge in [0.1, 0.15) is 10.6 Å². The summed E-state index contributed by atoms with van der Waals surface area (Å²) in [6, 6.07) is 12.3. The van der Waals surface area contributed by atoms with Gasteiger partial charge >= 0.3 is 0 Å². The summed E-state index contributed by atoms with van der Waals surface area (Å²) in [5.41, 5.74) is 1.52. The van der Waals surface area contributed by atoms with Crippen molar-refractivity contribution in [2.45, 2.75) is 11.3 Å². The maximum Gasteiger partial charge on any atom is 0.266 e. The second-order valence-electron chi connectivity index (χ2n) is 7.47. The van der Waals surface area contributed by atoms with E-state index >= 15 is 0 Å². The summed E-state index contributed by atoms with van der Waals surface area (Å²) in [6.45, 7) is 3.56. The van der Waals surface area contributed by atoms with Gasteiger partial charge in [0.25, 0.3) is 15.9 Å². The van der Waals surface area contributed by atoms with E-state index in [0.717, 1.165) is 31.8 Å². The average Bonchev–Trinajstić information content (AvgIpc) is 2.82. The molecule has 3 rings (SSSR count). The molecule has 0 spiro atoms. The fraction of sp³-hybridized carbons (Fsp3) is 0.409. The molecular formula is C22H28ClN3O5S. The minimum absolute atomic E-state index is 0.0359. The lowest BCUT2D eigenvalue weighted by molar-refractivity contribution is -0.0258. The number of rotatable bonds is 8. The highest BCUT2D eigenvalue weighted by atomic mass is 35.5. The minimum Gasteiger partial charge on any atom is -0.497 e. The molecule has 0 bridgehead atoms. The zero-order valence-corrected chi connectivity index (χ0v) is 20.0. The summed E-state index contributed by atoms with van der Waals surface area (Å²) in [5, 5.41) is 0.0359. The number of methoxy groups -OCH3 is 1. The zero-order valence-electron chi connectivity index (χ0n) is 18.5. The van der Waals surface area contributed by atoms with E-state index in [-0.39, 0.29) is 21.4 Å². The first-order chi connectivity index (χ1) is 15.3. The van der Waals surface area contributed by atoms with Crippen molar-refractivity contribution >= 4 is 27.5 Å². The molecule has 0 aromatic heterocycles. The van der Waals surface area contributed by atoms with Gasteiger partial charge in [0, 0.05) is 45.3 Å². The Morgan fingerprint density at radius 1 is 1.06 bits per heavy atom. The van der Waals surface area contributed by atoms with E-state index in [1.165, 1.54) is 31.9 Å². The maximum absolute atomic E-state index is 13.0. The normalized spacial score (nSPS) is 15.2. The molecule has 0 N–H and O–H groups in total. The van der Waals surface area contributed by atoms with Crippen LogP contribution >= 0.6 is 11.6 Å². The molecule has 1 aliphatic heterocycles. The van der Waals surface area contributed by atoms with Gasteiger partial charge in [-0.15, -0.1) is 0 Å². The number of piperazine rings is 1. The highest BCUT2D eigenvalue weighted by Crippen LogP contribution is 2.26. The molecule has 0 saturated carbocycles. The molecule has 0 radical (unpaired) electrons. The number of hydrogen-bond donors (Lipinski definition) is 0. The maximum atomic E-state index is 13.0. The molecule has 1 heterocycles. The van der Waals surface area contributed by atoms with Crippen LogP contribution in [-0.4, -0.2) is 82.6 Å². The Bertz CT molecular complexity index is 1040. The topological polar surface area (TPSA) is 79.4 Å². The number of amides is 1. The summed E-state index contributed by atoms with van der Waals surface area (Å²) in [7, 11) is 0.203. The van der Waals surface area contributed by atoms with E-state index in [1.54, 1.807) is 18.1 Å². The lowest BCUT2D eigenvalue weighted by Gasteiger charge is -2.35. The number of hydrogen-bond acceptors (Lipinski definition) is 6. The third-order valence-electron chi connectivity index (χ3n) is 5.59. The van der Waals surface area contributed by atoms with Crippen molar-refractivity contribution in [2.75, 3.05) is 54.0 Å².